The third-order valence-electron chi connectivity index (χ3n) is 4.48. The highest BCUT2D eigenvalue weighted by Gasteiger charge is 2.19. The Morgan fingerprint density at radius 1 is 1.10 bits per heavy atom. The number of rotatable bonds is 11. The number of benzene rings is 2. The third kappa shape index (κ3) is 7.48. The van der Waals surface area contributed by atoms with Crippen LogP contribution in [0.5, 0.6) is 5.75 Å². The van der Waals surface area contributed by atoms with Crippen molar-refractivity contribution < 1.29 is 23.8 Å². The Bertz CT molecular complexity index is 827. The smallest absolute Gasteiger partial charge is 0.258 e. The van der Waals surface area contributed by atoms with Crippen LogP contribution in [-0.4, -0.2) is 42.7 Å². The van der Waals surface area contributed by atoms with Crippen molar-refractivity contribution >= 4 is 11.8 Å². The maximum Gasteiger partial charge on any atom is 0.258 e. The summed E-state index contributed by atoms with van der Waals surface area (Å²) in [7, 11) is 0. The zero-order valence-electron chi connectivity index (χ0n) is 17.4. The van der Waals surface area contributed by atoms with Crippen LogP contribution in [-0.2, 0) is 11.2 Å². The SMILES string of the molecule is CC(C)CCNC(=O)c1c(F)cccc1OCC(=O)N[C@H](CO)Cc1ccccc1. The Morgan fingerprint density at radius 3 is 2.50 bits per heavy atom. The predicted octanol–water partition coefficient (Wildman–Crippen LogP) is 2.70. The van der Waals surface area contributed by atoms with Gasteiger partial charge in [0.1, 0.15) is 17.1 Å². The molecule has 0 unspecified atom stereocenters. The fourth-order valence-electron chi connectivity index (χ4n) is 2.88. The molecule has 0 aliphatic rings. The molecule has 2 aromatic rings. The summed E-state index contributed by atoms with van der Waals surface area (Å²) in [5.74, 6) is -1.37. The first-order valence-electron chi connectivity index (χ1n) is 10.0. The molecule has 7 heteroatoms. The standard InChI is InChI=1S/C23H29FN2O4/c1-16(2)11-12-25-23(29)22-19(24)9-6-10-20(22)30-15-21(28)26-18(14-27)13-17-7-4-3-5-8-17/h3-10,16,18,27H,11-15H2,1-2H3,(H,25,29)(H,26,28)/t18-/m0/s1. The minimum atomic E-state index is -0.715. The van der Waals surface area contributed by atoms with Gasteiger partial charge in [-0.25, -0.2) is 4.39 Å². The van der Waals surface area contributed by atoms with Gasteiger partial charge in [0.2, 0.25) is 0 Å². The average Bonchev–Trinajstić information content (AvgIpc) is 2.72. The predicted molar refractivity (Wildman–Crippen MR) is 113 cm³/mol. The van der Waals surface area contributed by atoms with Gasteiger partial charge in [-0.05, 0) is 36.5 Å². The molecule has 30 heavy (non-hydrogen) atoms. The van der Waals surface area contributed by atoms with Crippen LogP contribution in [0.2, 0.25) is 0 Å². The second-order valence-electron chi connectivity index (χ2n) is 7.48. The number of hydrogen-bond acceptors (Lipinski definition) is 4. The third-order valence-corrected chi connectivity index (χ3v) is 4.48. The number of carbonyl (C=O) groups excluding carboxylic acids is 2. The topological polar surface area (TPSA) is 87.7 Å². The molecule has 162 valence electrons. The van der Waals surface area contributed by atoms with Gasteiger partial charge in [-0.2, -0.15) is 0 Å². The Labute approximate surface area is 176 Å². The summed E-state index contributed by atoms with van der Waals surface area (Å²) in [5, 5.41) is 14.9. The monoisotopic (exact) mass is 416 g/mol. The molecule has 0 radical (unpaired) electrons. The molecule has 0 saturated heterocycles. The Hall–Kier alpha value is -2.93. The highest BCUT2D eigenvalue weighted by molar-refractivity contribution is 5.97. The molecule has 0 aliphatic carbocycles. The first-order valence-corrected chi connectivity index (χ1v) is 10.0. The normalized spacial score (nSPS) is 11.8. The van der Waals surface area contributed by atoms with Crippen LogP contribution in [0.15, 0.2) is 48.5 Å². The largest absolute Gasteiger partial charge is 0.483 e. The van der Waals surface area contributed by atoms with E-state index in [4.69, 9.17) is 4.74 Å². The molecule has 3 N–H and O–H groups in total. The summed E-state index contributed by atoms with van der Waals surface area (Å²) in [6.07, 6.45) is 1.23. The lowest BCUT2D eigenvalue weighted by Gasteiger charge is -2.17. The van der Waals surface area contributed by atoms with Crippen molar-refractivity contribution in [3.63, 3.8) is 0 Å². The first kappa shape index (κ1) is 23.3. The average molecular weight is 416 g/mol. The summed E-state index contributed by atoms with van der Waals surface area (Å²) in [4.78, 5) is 24.6. The molecule has 2 aromatic carbocycles. The van der Waals surface area contributed by atoms with Crippen LogP contribution in [0.1, 0.15) is 36.2 Å². The molecule has 2 amide bonds. The van der Waals surface area contributed by atoms with Crippen molar-refractivity contribution in [2.45, 2.75) is 32.7 Å². The van der Waals surface area contributed by atoms with Gasteiger partial charge in [0.15, 0.2) is 6.61 Å². The van der Waals surface area contributed by atoms with Crippen molar-refractivity contribution in [2.75, 3.05) is 19.8 Å². The summed E-state index contributed by atoms with van der Waals surface area (Å²) in [6, 6.07) is 13.0. The van der Waals surface area contributed by atoms with Gasteiger partial charge in [-0.3, -0.25) is 9.59 Å². The van der Waals surface area contributed by atoms with Gasteiger partial charge in [0.05, 0.1) is 12.6 Å². The van der Waals surface area contributed by atoms with E-state index in [9.17, 15) is 19.1 Å². The number of nitrogens with one attached hydrogen (secondary N) is 2. The van der Waals surface area contributed by atoms with E-state index in [1.807, 2.05) is 44.2 Å². The number of amides is 2. The molecule has 2 rings (SSSR count). The number of ether oxygens (including phenoxy) is 1. The highest BCUT2D eigenvalue weighted by Crippen LogP contribution is 2.21. The zero-order chi connectivity index (χ0) is 21.9. The molecule has 0 spiro atoms. The lowest BCUT2D eigenvalue weighted by Crippen LogP contribution is -2.41. The molecule has 0 aromatic heterocycles. The van der Waals surface area contributed by atoms with E-state index in [-0.39, 0.29) is 17.9 Å². The molecule has 1 atom stereocenters. The zero-order valence-corrected chi connectivity index (χ0v) is 17.4. The maximum atomic E-state index is 14.2. The maximum absolute atomic E-state index is 14.2. The van der Waals surface area contributed by atoms with E-state index in [1.54, 1.807) is 0 Å². The Morgan fingerprint density at radius 2 is 1.83 bits per heavy atom. The molecular weight excluding hydrogens is 387 g/mol. The lowest BCUT2D eigenvalue weighted by molar-refractivity contribution is -0.124. The molecule has 0 bridgehead atoms. The Kier molecular flexibility index (Phi) is 9.28. The van der Waals surface area contributed by atoms with Crippen molar-refractivity contribution in [3.8, 4) is 5.75 Å². The van der Waals surface area contributed by atoms with Gasteiger partial charge >= 0.3 is 0 Å². The van der Waals surface area contributed by atoms with Gasteiger partial charge in [0, 0.05) is 6.54 Å². The molecule has 0 fully saturated rings. The van der Waals surface area contributed by atoms with Crippen LogP contribution in [0.25, 0.3) is 0 Å². The fraction of sp³-hybridized carbons (Fsp3) is 0.391. The number of carbonyl (C=O) groups is 2. The van der Waals surface area contributed by atoms with Crippen LogP contribution in [0.4, 0.5) is 4.39 Å². The molecule has 0 aliphatic heterocycles. The van der Waals surface area contributed by atoms with Crippen LogP contribution in [0.3, 0.4) is 0 Å². The minimum absolute atomic E-state index is 0.00388. The van der Waals surface area contributed by atoms with Crippen LogP contribution in [0, 0.1) is 11.7 Å². The Balaban J connectivity index is 1.95. The summed E-state index contributed by atoms with van der Waals surface area (Å²) in [6.45, 7) is 3.84. The van der Waals surface area contributed by atoms with Crippen molar-refractivity contribution in [1.29, 1.82) is 0 Å². The summed E-state index contributed by atoms with van der Waals surface area (Å²) >= 11 is 0. The molecule has 0 heterocycles. The van der Waals surface area contributed by atoms with E-state index >= 15 is 0 Å². The summed E-state index contributed by atoms with van der Waals surface area (Å²) in [5.41, 5.74) is 0.750. The van der Waals surface area contributed by atoms with Gasteiger partial charge < -0.3 is 20.5 Å². The number of aliphatic hydroxyl groups is 1. The number of aliphatic hydroxyl groups excluding tert-OH is 1. The van der Waals surface area contributed by atoms with Gasteiger partial charge in [-0.1, -0.05) is 50.2 Å². The molecule has 6 nitrogen and oxygen atoms in total. The van der Waals surface area contributed by atoms with Gasteiger partial charge in [-0.15, -0.1) is 0 Å². The summed E-state index contributed by atoms with van der Waals surface area (Å²) < 4.78 is 19.7. The van der Waals surface area contributed by atoms with Crippen molar-refractivity contribution in [2.24, 2.45) is 5.92 Å². The second-order valence-corrected chi connectivity index (χ2v) is 7.48. The van der Waals surface area contributed by atoms with E-state index in [0.717, 1.165) is 12.0 Å². The molecule has 0 saturated carbocycles. The second kappa shape index (κ2) is 11.9. The van der Waals surface area contributed by atoms with Crippen LogP contribution < -0.4 is 15.4 Å². The quantitative estimate of drug-likeness (QED) is 0.526. The van der Waals surface area contributed by atoms with E-state index in [0.29, 0.717) is 18.9 Å². The first-order chi connectivity index (χ1) is 14.4. The lowest BCUT2D eigenvalue weighted by atomic mass is 10.1. The van der Waals surface area contributed by atoms with Crippen LogP contribution >= 0.6 is 0 Å². The minimum Gasteiger partial charge on any atom is -0.483 e. The van der Waals surface area contributed by atoms with E-state index < -0.39 is 30.3 Å². The van der Waals surface area contributed by atoms with E-state index in [2.05, 4.69) is 10.6 Å². The molecular formula is C23H29FN2O4. The van der Waals surface area contributed by atoms with E-state index in [1.165, 1.54) is 18.2 Å². The van der Waals surface area contributed by atoms with Crippen molar-refractivity contribution in [1.82, 2.24) is 10.6 Å². The van der Waals surface area contributed by atoms with Gasteiger partial charge in [0.25, 0.3) is 11.8 Å². The number of halogens is 1. The fourth-order valence-corrected chi connectivity index (χ4v) is 2.88. The highest BCUT2D eigenvalue weighted by atomic mass is 19.1. The number of hydrogen-bond donors (Lipinski definition) is 3. The van der Waals surface area contributed by atoms with Crippen molar-refractivity contribution in [3.05, 3.63) is 65.5 Å².